The number of hydrogen-bond donors (Lipinski definition) is 3. The third-order valence-electron chi connectivity index (χ3n) is 5.62. The van der Waals surface area contributed by atoms with Crippen molar-refractivity contribution in [2.45, 2.75) is 20.3 Å². The van der Waals surface area contributed by atoms with Gasteiger partial charge in [0.1, 0.15) is 5.69 Å². The van der Waals surface area contributed by atoms with Gasteiger partial charge in [0.25, 0.3) is 0 Å². The van der Waals surface area contributed by atoms with Crippen LogP contribution in [0.3, 0.4) is 0 Å². The fraction of sp³-hybridized carbons (Fsp3) is 0.115. The predicted octanol–water partition coefficient (Wildman–Crippen LogP) is 5.42. The van der Waals surface area contributed by atoms with Gasteiger partial charge in [-0.1, -0.05) is 54.6 Å². The van der Waals surface area contributed by atoms with Crippen molar-refractivity contribution in [2.75, 3.05) is 5.32 Å². The Morgan fingerprint density at radius 2 is 1.62 bits per heavy atom. The van der Waals surface area contributed by atoms with Crippen LogP contribution >= 0.6 is 0 Å². The minimum Gasteiger partial charge on any atom is -0.337 e. The fourth-order valence-corrected chi connectivity index (χ4v) is 3.72. The summed E-state index contributed by atoms with van der Waals surface area (Å²) in [5, 5.41) is 10.0. The van der Waals surface area contributed by atoms with E-state index < -0.39 is 0 Å². The highest BCUT2D eigenvalue weighted by atomic mass is 16.1. The van der Waals surface area contributed by atoms with Crippen molar-refractivity contribution < 1.29 is 4.79 Å². The predicted molar refractivity (Wildman–Crippen MR) is 127 cm³/mol. The van der Waals surface area contributed by atoms with Gasteiger partial charge < -0.3 is 10.3 Å². The van der Waals surface area contributed by atoms with E-state index in [1.807, 2.05) is 42.5 Å². The minimum atomic E-state index is -0.119. The molecule has 0 unspecified atom stereocenters. The summed E-state index contributed by atoms with van der Waals surface area (Å²) in [4.78, 5) is 20.5. The largest absolute Gasteiger partial charge is 0.337 e. The minimum absolute atomic E-state index is 0.119. The van der Waals surface area contributed by atoms with Crippen molar-refractivity contribution in [1.82, 2.24) is 20.2 Å². The van der Waals surface area contributed by atoms with Gasteiger partial charge in [-0.05, 0) is 53.8 Å². The van der Waals surface area contributed by atoms with Crippen LogP contribution in [0.4, 0.5) is 5.82 Å². The van der Waals surface area contributed by atoms with E-state index in [0.29, 0.717) is 11.6 Å². The lowest BCUT2D eigenvalue weighted by Crippen LogP contribution is -2.14. The zero-order valence-corrected chi connectivity index (χ0v) is 17.9. The molecule has 0 bridgehead atoms. The molecule has 32 heavy (non-hydrogen) atoms. The molecule has 6 nitrogen and oxygen atoms in total. The zero-order valence-electron chi connectivity index (χ0n) is 17.9. The summed E-state index contributed by atoms with van der Waals surface area (Å²) in [5.74, 6) is 1.04. The normalized spacial score (nSPS) is 11.1. The summed E-state index contributed by atoms with van der Waals surface area (Å²) in [6.07, 6.45) is 0.278. The number of anilines is 1. The molecule has 1 amide bonds. The van der Waals surface area contributed by atoms with Crippen LogP contribution in [0.2, 0.25) is 0 Å². The number of amides is 1. The highest BCUT2D eigenvalue weighted by molar-refractivity contribution is 5.92. The van der Waals surface area contributed by atoms with Crippen LogP contribution in [0.25, 0.3) is 33.7 Å². The van der Waals surface area contributed by atoms with E-state index in [1.54, 1.807) is 6.07 Å². The Hall–Kier alpha value is -4.19. The number of aryl methyl sites for hydroxylation is 2. The second-order valence-corrected chi connectivity index (χ2v) is 7.99. The van der Waals surface area contributed by atoms with E-state index in [9.17, 15) is 4.79 Å². The summed E-state index contributed by atoms with van der Waals surface area (Å²) < 4.78 is 0. The average Bonchev–Trinajstić information content (AvgIpc) is 3.42. The molecule has 5 rings (SSSR count). The molecule has 158 valence electrons. The Labute approximate surface area is 185 Å². The number of imidazole rings is 1. The molecule has 0 saturated heterocycles. The fourth-order valence-electron chi connectivity index (χ4n) is 3.72. The van der Waals surface area contributed by atoms with Gasteiger partial charge in [0.2, 0.25) is 5.91 Å². The SMILES string of the molecule is Cc1cc2nc(-c3cc(NC(=O)Cc4ccc(-c5ccccc5)cc4)n[nH]3)[nH]c2cc1C. The molecule has 0 atom stereocenters. The van der Waals surface area contributed by atoms with Crippen LogP contribution in [0.5, 0.6) is 0 Å². The summed E-state index contributed by atoms with van der Waals surface area (Å²) in [6, 6.07) is 24.1. The molecule has 0 aliphatic heterocycles. The van der Waals surface area contributed by atoms with Crippen molar-refractivity contribution in [3.8, 4) is 22.6 Å². The molecule has 2 aromatic heterocycles. The summed E-state index contributed by atoms with van der Waals surface area (Å²) in [6.45, 7) is 4.15. The summed E-state index contributed by atoms with van der Waals surface area (Å²) >= 11 is 0. The third-order valence-corrected chi connectivity index (χ3v) is 5.62. The molecule has 0 fully saturated rings. The quantitative estimate of drug-likeness (QED) is 0.354. The Morgan fingerprint density at radius 1 is 0.906 bits per heavy atom. The zero-order chi connectivity index (χ0) is 22.1. The van der Waals surface area contributed by atoms with E-state index >= 15 is 0 Å². The first-order chi connectivity index (χ1) is 15.5. The summed E-state index contributed by atoms with van der Waals surface area (Å²) in [7, 11) is 0. The third kappa shape index (κ3) is 4.03. The molecule has 0 saturated carbocycles. The van der Waals surface area contributed by atoms with Gasteiger partial charge in [-0.15, -0.1) is 0 Å². The number of rotatable bonds is 5. The Morgan fingerprint density at radius 3 is 2.41 bits per heavy atom. The molecule has 6 heteroatoms. The van der Waals surface area contributed by atoms with Crippen LogP contribution in [-0.2, 0) is 11.2 Å². The summed E-state index contributed by atoms with van der Waals surface area (Å²) in [5.41, 5.74) is 8.24. The molecule has 5 aromatic rings. The number of hydrogen-bond acceptors (Lipinski definition) is 3. The molecule has 2 heterocycles. The lowest BCUT2D eigenvalue weighted by Gasteiger charge is -2.05. The average molecular weight is 422 g/mol. The van der Waals surface area contributed by atoms with Crippen molar-refractivity contribution in [3.05, 3.63) is 89.5 Å². The maximum absolute atomic E-state index is 12.5. The van der Waals surface area contributed by atoms with Crippen LogP contribution in [0.15, 0.2) is 72.8 Å². The Kier molecular flexibility index (Phi) is 5.03. The van der Waals surface area contributed by atoms with Crippen LogP contribution in [0, 0.1) is 13.8 Å². The van der Waals surface area contributed by atoms with Gasteiger partial charge in [0, 0.05) is 6.07 Å². The number of carbonyl (C=O) groups is 1. The molecule has 3 N–H and O–H groups in total. The van der Waals surface area contributed by atoms with Crippen LogP contribution < -0.4 is 5.32 Å². The highest BCUT2D eigenvalue weighted by Crippen LogP contribution is 2.23. The second kappa shape index (κ2) is 8.15. The smallest absolute Gasteiger partial charge is 0.229 e. The van der Waals surface area contributed by atoms with Gasteiger partial charge >= 0.3 is 0 Å². The molecule has 3 aromatic carbocycles. The van der Waals surface area contributed by atoms with Crippen LogP contribution in [-0.4, -0.2) is 26.1 Å². The van der Waals surface area contributed by atoms with E-state index in [4.69, 9.17) is 0 Å². The number of aromatic amines is 2. The van der Waals surface area contributed by atoms with E-state index in [2.05, 4.69) is 63.6 Å². The molecule has 0 spiro atoms. The van der Waals surface area contributed by atoms with Gasteiger partial charge in [-0.3, -0.25) is 9.89 Å². The van der Waals surface area contributed by atoms with Crippen molar-refractivity contribution in [3.63, 3.8) is 0 Å². The van der Waals surface area contributed by atoms with Crippen molar-refractivity contribution >= 4 is 22.8 Å². The van der Waals surface area contributed by atoms with Crippen molar-refractivity contribution in [2.24, 2.45) is 0 Å². The van der Waals surface area contributed by atoms with Crippen LogP contribution in [0.1, 0.15) is 16.7 Å². The molecule has 0 aliphatic carbocycles. The number of nitrogens with one attached hydrogen (secondary N) is 3. The molecular formula is C26H23N5O. The Balaban J connectivity index is 1.26. The van der Waals surface area contributed by atoms with Gasteiger partial charge in [0.15, 0.2) is 11.6 Å². The highest BCUT2D eigenvalue weighted by Gasteiger charge is 2.12. The molecule has 0 radical (unpaired) electrons. The number of nitrogens with zero attached hydrogens (tertiary/aromatic N) is 2. The van der Waals surface area contributed by atoms with Gasteiger partial charge in [0.05, 0.1) is 17.5 Å². The van der Waals surface area contributed by atoms with Gasteiger partial charge in [-0.25, -0.2) is 4.98 Å². The number of aromatic nitrogens is 4. The first-order valence-electron chi connectivity index (χ1n) is 10.5. The second-order valence-electron chi connectivity index (χ2n) is 7.99. The first kappa shape index (κ1) is 19.8. The number of fused-ring (bicyclic) bond motifs is 1. The monoisotopic (exact) mass is 421 g/mol. The number of carbonyl (C=O) groups excluding carboxylic acids is 1. The Bertz CT molecular complexity index is 1360. The maximum Gasteiger partial charge on any atom is 0.229 e. The topological polar surface area (TPSA) is 86.5 Å². The lowest BCUT2D eigenvalue weighted by atomic mass is 10.0. The maximum atomic E-state index is 12.5. The molecular weight excluding hydrogens is 398 g/mol. The first-order valence-corrected chi connectivity index (χ1v) is 10.5. The number of benzene rings is 3. The van der Waals surface area contributed by atoms with E-state index in [0.717, 1.165) is 33.4 Å². The van der Waals surface area contributed by atoms with Crippen molar-refractivity contribution in [1.29, 1.82) is 0 Å². The standard InChI is InChI=1S/C26H23N5O/c1-16-12-21-22(13-17(16)2)28-26(27-21)23-15-24(31-30-23)29-25(32)14-18-8-10-20(11-9-18)19-6-4-3-5-7-19/h3-13,15H,14H2,1-2H3,(H,27,28)(H2,29,30,31,32). The van der Waals surface area contributed by atoms with Gasteiger partial charge in [-0.2, -0.15) is 5.10 Å². The van der Waals surface area contributed by atoms with E-state index in [-0.39, 0.29) is 12.3 Å². The van der Waals surface area contributed by atoms with E-state index in [1.165, 1.54) is 11.1 Å². The number of H-pyrrole nitrogens is 2. The lowest BCUT2D eigenvalue weighted by molar-refractivity contribution is -0.115. The molecule has 0 aliphatic rings.